The van der Waals surface area contributed by atoms with E-state index in [0.29, 0.717) is 34.1 Å². The summed E-state index contributed by atoms with van der Waals surface area (Å²) in [5.74, 6) is 0.614. The predicted molar refractivity (Wildman–Crippen MR) is 76.6 cm³/mol. The Kier molecular flexibility index (Phi) is 4.60. The molecule has 1 fully saturated rings. The van der Waals surface area contributed by atoms with Gasteiger partial charge in [-0.2, -0.15) is 0 Å². The van der Waals surface area contributed by atoms with Gasteiger partial charge in [-0.3, -0.25) is 0 Å². The molecule has 1 atom stereocenters. The predicted octanol–water partition coefficient (Wildman–Crippen LogP) is 3.44. The summed E-state index contributed by atoms with van der Waals surface area (Å²) in [4.78, 5) is 2.33. The van der Waals surface area contributed by atoms with Gasteiger partial charge in [-0.1, -0.05) is 29.6 Å². The van der Waals surface area contributed by atoms with Crippen molar-refractivity contribution in [1.82, 2.24) is 4.90 Å². The van der Waals surface area contributed by atoms with E-state index in [1.807, 2.05) is 0 Å². The van der Waals surface area contributed by atoms with Crippen LogP contribution in [0.25, 0.3) is 0 Å². The minimum Gasteiger partial charge on any atom is -0.490 e. The van der Waals surface area contributed by atoms with E-state index in [0.717, 1.165) is 13.0 Å². The lowest BCUT2D eigenvalue weighted by atomic mass is 10.0. The molecule has 0 spiro atoms. The number of benzene rings is 1. The van der Waals surface area contributed by atoms with Gasteiger partial charge in [-0.05, 0) is 32.5 Å². The summed E-state index contributed by atoms with van der Waals surface area (Å²) in [6, 6.07) is 3.76. The summed E-state index contributed by atoms with van der Waals surface area (Å²) in [5.41, 5.74) is 6.39. The third kappa shape index (κ3) is 3.22. The first-order valence-corrected chi connectivity index (χ1v) is 6.91. The molecule has 1 aromatic rings. The summed E-state index contributed by atoms with van der Waals surface area (Å²) in [6.07, 6.45) is 3.69. The molecule has 1 aliphatic rings. The van der Waals surface area contributed by atoms with Crippen molar-refractivity contribution >= 4 is 28.9 Å². The van der Waals surface area contributed by atoms with Gasteiger partial charge in [0.05, 0.1) is 15.7 Å². The van der Waals surface area contributed by atoms with Crippen molar-refractivity contribution in [2.24, 2.45) is 0 Å². The first-order valence-electron chi connectivity index (χ1n) is 6.15. The summed E-state index contributed by atoms with van der Waals surface area (Å²) in [6.45, 7) is 1.77. The fourth-order valence-corrected chi connectivity index (χ4v) is 2.54. The monoisotopic (exact) mass is 288 g/mol. The zero-order valence-corrected chi connectivity index (χ0v) is 12.0. The van der Waals surface area contributed by atoms with Crippen LogP contribution in [0.1, 0.15) is 19.3 Å². The molecule has 0 radical (unpaired) electrons. The van der Waals surface area contributed by atoms with Crippen molar-refractivity contribution in [1.29, 1.82) is 0 Å². The van der Waals surface area contributed by atoms with Gasteiger partial charge in [0.1, 0.15) is 12.4 Å². The van der Waals surface area contributed by atoms with Crippen LogP contribution in [0.15, 0.2) is 12.1 Å². The molecule has 3 nitrogen and oxygen atoms in total. The Bertz CT molecular complexity index is 426. The maximum atomic E-state index is 5.96. The van der Waals surface area contributed by atoms with Crippen LogP contribution in [-0.2, 0) is 0 Å². The van der Waals surface area contributed by atoms with E-state index in [2.05, 4.69) is 11.9 Å². The highest BCUT2D eigenvalue weighted by Gasteiger charge is 2.19. The number of hydrogen-bond donors (Lipinski definition) is 1. The summed E-state index contributed by atoms with van der Waals surface area (Å²) < 4.78 is 5.77. The van der Waals surface area contributed by atoms with Gasteiger partial charge >= 0.3 is 0 Å². The van der Waals surface area contributed by atoms with Gasteiger partial charge in [0, 0.05) is 12.1 Å². The highest BCUT2D eigenvalue weighted by molar-refractivity contribution is 6.42. The lowest BCUT2D eigenvalue weighted by molar-refractivity contribution is 0.125. The van der Waals surface area contributed by atoms with Gasteiger partial charge in [0.25, 0.3) is 0 Å². The Morgan fingerprint density at radius 1 is 1.33 bits per heavy atom. The zero-order valence-electron chi connectivity index (χ0n) is 10.5. The molecule has 1 heterocycles. The van der Waals surface area contributed by atoms with E-state index >= 15 is 0 Å². The Morgan fingerprint density at radius 2 is 2.06 bits per heavy atom. The summed E-state index contributed by atoms with van der Waals surface area (Å²) in [7, 11) is 2.13. The third-order valence-corrected chi connectivity index (χ3v) is 4.13. The van der Waals surface area contributed by atoms with Crippen molar-refractivity contribution in [2.45, 2.75) is 25.3 Å². The lowest BCUT2D eigenvalue weighted by Crippen LogP contribution is -2.40. The topological polar surface area (TPSA) is 38.5 Å². The van der Waals surface area contributed by atoms with Crippen LogP contribution in [0.4, 0.5) is 5.69 Å². The molecular formula is C13H18Cl2N2O. The standard InChI is InChI=1S/C13H18Cl2N2O/c1-17-5-3-2-4-9(17)8-18-13-7-11(15)10(14)6-12(13)16/h6-7,9H,2-5,8,16H2,1H3. The maximum absolute atomic E-state index is 5.96. The van der Waals surface area contributed by atoms with E-state index in [1.165, 1.54) is 12.8 Å². The van der Waals surface area contributed by atoms with Crippen molar-refractivity contribution in [3.8, 4) is 5.75 Å². The number of nitrogen functional groups attached to an aromatic ring is 1. The zero-order chi connectivity index (χ0) is 13.1. The Hall–Kier alpha value is -0.640. The number of likely N-dealkylation sites (tertiary alicyclic amines) is 1. The average Bonchev–Trinajstić information content (AvgIpc) is 2.34. The van der Waals surface area contributed by atoms with E-state index in [1.54, 1.807) is 12.1 Å². The molecule has 1 saturated heterocycles. The number of piperidine rings is 1. The molecule has 0 aromatic heterocycles. The number of nitrogens with two attached hydrogens (primary N) is 1. The SMILES string of the molecule is CN1CCCCC1COc1cc(Cl)c(Cl)cc1N. The summed E-state index contributed by atoms with van der Waals surface area (Å²) >= 11 is 11.8. The number of ether oxygens (including phenoxy) is 1. The highest BCUT2D eigenvalue weighted by Crippen LogP contribution is 2.32. The molecule has 0 saturated carbocycles. The Balaban J connectivity index is 1.99. The second-order valence-corrected chi connectivity index (χ2v) is 5.56. The number of anilines is 1. The van der Waals surface area contributed by atoms with E-state index in [9.17, 15) is 0 Å². The molecule has 18 heavy (non-hydrogen) atoms. The third-order valence-electron chi connectivity index (χ3n) is 3.41. The smallest absolute Gasteiger partial charge is 0.143 e. The number of likely N-dealkylation sites (N-methyl/N-ethyl adjacent to an activating group) is 1. The van der Waals surface area contributed by atoms with Crippen LogP contribution in [-0.4, -0.2) is 31.1 Å². The quantitative estimate of drug-likeness (QED) is 0.866. The molecule has 2 rings (SSSR count). The van der Waals surface area contributed by atoms with Gasteiger partial charge in [-0.15, -0.1) is 0 Å². The molecule has 0 bridgehead atoms. The van der Waals surface area contributed by atoms with Crippen molar-refractivity contribution in [3.05, 3.63) is 22.2 Å². The fourth-order valence-electron chi connectivity index (χ4n) is 2.21. The van der Waals surface area contributed by atoms with E-state index < -0.39 is 0 Å². The first kappa shape index (κ1) is 13.8. The Morgan fingerprint density at radius 3 is 2.78 bits per heavy atom. The van der Waals surface area contributed by atoms with Crippen LogP contribution < -0.4 is 10.5 Å². The summed E-state index contributed by atoms with van der Waals surface area (Å²) in [5, 5.41) is 0.925. The maximum Gasteiger partial charge on any atom is 0.143 e. The minimum absolute atomic E-state index is 0.451. The van der Waals surface area contributed by atoms with Gasteiger partial charge in [0.15, 0.2) is 0 Å². The molecule has 5 heteroatoms. The molecule has 1 aromatic carbocycles. The van der Waals surface area contributed by atoms with Crippen molar-refractivity contribution in [2.75, 3.05) is 25.9 Å². The molecule has 0 aliphatic carbocycles. The molecule has 100 valence electrons. The highest BCUT2D eigenvalue weighted by atomic mass is 35.5. The normalized spacial score (nSPS) is 20.9. The number of hydrogen-bond acceptors (Lipinski definition) is 3. The number of halogens is 2. The van der Waals surface area contributed by atoms with Crippen LogP contribution >= 0.6 is 23.2 Å². The Labute approximate surface area is 118 Å². The van der Waals surface area contributed by atoms with Crippen LogP contribution in [0, 0.1) is 0 Å². The van der Waals surface area contributed by atoms with Gasteiger partial charge in [0.2, 0.25) is 0 Å². The number of rotatable bonds is 3. The van der Waals surface area contributed by atoms with E-state index in [-0.39, 0.29) is 0 Å². The molecule has 1 aliphatic heterocycles. The van der Waals surface area contributed by atoms with Crippen LogP contribution in [0.5, 0.6) is 5.75 Å². The number of nitrogens with zero attached hydrogens (tertiary/aromatic N) is 1. The average molecular weight is 289 g/mol. The fraction of sp³-hybridized carbons (Fsp3) is 0.538. The first-order chi connectivity index (χ1) is 8.58. The molecular weight excluding hydrogens is 271 g/mol. The van der Waals surface area contributed by atoms with Gasteiger partial charge < -0.3 is 15.4 Å². The van der Waals surface area contributed by atoms with Crippen LogP contribution in [0.2, 0.25) is 10.0 Å². The molecule has 0 amide bonds. The lowest BCUT2D eigenvalue weighted by Gasteiger charge is -2.32. The molecule has 1 unspecified atom stereocenters. The van der Waals surface area contributed by atoms with Crippen LogP contribution in [0.3, 0.4) is 0 Å². The van der Waals surface area contributed by atoms with Gasteiger partial charge in [-0.25, -0.2) is 0 Å². The largest absolute Gasteiger partial charge is 0.490 e. The van der Waals surface area contributed by atoms with Crippen molar-refractivity contribution in [3.63, 3.8) is 0 Å². The second-order valence-electron chi connectivity index (χ2n) is 4.75. The van der Waals surface area contributed by atoms with E-state index in [4.69, 9.17) is 33.7 Å². The molecule has 2 N–H and O–H groups in total. The van der Waals surface area contributed by atoms with Crippen molar-refractivity contribution < 1.29 is 4.74 Å². The minimum atomic E-state index is 0.451. The second kappa shape index (κ2) is 6.00.